The minimum Gasteiger partial charge on any atom is -0.491 e. The normalized spacial score (nSPS) is 11.5. The Kier molecular flexibility index (Phi) is 3.18. The lowest BCUT2D eigenvalue weighted by molar-refractivity contribution is 0.197. The number of hydrogen-bond donors (Lipinski definition) is 0. The van der Waals surface area contributed by atoms with Crippen LogP contribution in [0.5, 0.6) is 5.75 Å². The summed E-state index contributed by atoms with van der Waals surface area (Å²) in [7, 11) is 0. The quantitative estimate of drug-likeness (QED) is 0.809. The van der Waals surface area contributed by atoms with Gasteiger partial charge in [0.25, 0.3) is 0 Å². The molecule has 0 N–H and O–H groups in total. The third-order valence-electron chi connectivity index (χ3n) is 2.31. The van der Waals surface area contributed by atoms with E-state index in [1.165, 1.54) is 0 Å². The second kappa shape index (κ2) is 4.62. The fourth-order valence-corrected chi connectivity index (χ4v) is 1.49. The summed E-state index contributed by atoms with van der Waals surface area (Å²) in [6, 6.07) is 8.00. The van der Waals surface area contributed by atoms with Crippen LogP contribution in [0.25, 0.3) is 5.69 Å². The molecule has 0 saturated heterocycles. The third kappa shape index (κ3) is 3.09. The van der Waals surface area contributed by atoms with Gasteiger partial charge >= 0.3 is 0 Å². The third-order valence-corrected chi connectivity index (χ3v) is 2.31. The second-order valence-electron chi connectivity index (χ2n) is 5.29. The first-order valence-corrected chi connectivity index (χ1v) is 5.76. The van der Waals surface area contributed by atoms with Crippen molar-refractivity contribution in [2.75, 3.05) is 6.61 Å². The van der Waals surface area contributed by atoms with E-state index >= 15 is 0 Å². The number of nitrogens with zero attached hydrogens (tertiary/aromatic N) is 2. The van der Waals surface area contributed by atoms with Crippen molar-refractivity contribution in [3.05, 3.63) is 43.0 Å². The maximum atomic E-state index is 5.88. The van der Waals surface area contributed by atoms with Crippen molar-refractivity contribution in [2.45, 2.75) is 20.8 Å². The summed E-state index contributed by atoms with van der Waals surface area (Å²) in [5.41, 5.74) is 1.18. The van der Waals surface area contributed by atoms with Crippen LogP contribution in [-0.2, 0) is 0 Å². The van der Waals surface area contributed by atoms with Crippen molar-refractivity contribution in [1.29, 1.82) is 0 Å². The number of ether oxygens (including phenoxy) is 1. The van der Waals surface area contributed by atoms with Gasteiger partial charge < -0.3 is 9.30 Å². The molecule has 0 radical (unpaired) electrons. The van der Waals surface area contributed by atoms with Crippen LogP contribution in [0.3, 0.4) is 0 Å². The van der Waals surface area contributed by atoms with Crippen LogP contribution in [0.1, 0.15) is 20.8 Å². The summed E-state index contributed by atoms with van der Waals surface area (Å²) in [5, 5.41) is 0. The maximum absolute atomic E-state index is 5.88. The van der Waals surface area contributed by atoms with Crippen LogP contribution < -0.4 is 4.74 Å². The molecular formula is C14H18N2O. The van der Waals surface area contributed by atoms with Crippen LogP contribution >= 0.6 is 0 Å². The minimum atomic E-state index is 0.155. The molecule has 0 saturated carbocycles. The molecule has 1 heterocycles. The Morgan fingerprint density at radius 3 is 2.65 bits per heavy atom. The van der Waals surface area contributed by atoms with Crippen molar-refractivity contribution >= 4 is 0 Å². The Morgan fingerprint density at radius 1 is 1.24 bits per heavy atom. The molecule has 17 heavy (non-hydrogen) atoms. The first-order chi connectivity index (χ1) is 8.06. The number of rotatable bonds is 3. The van der Waals surface area contributed by atoms with Gasteiger partial charge in [-0.15, -0.1) is 0 Å². The lowest BCUT2D eigenvalue weighted by Gasteiger charge is -2.20. The van der Waals surface area contributed by atoms with Gasteiger partial charge in [0.2, 0.25) is 0 Å². The highest BCUT2D eigenvalue weighted by molar-refractivity contribution is 5.46. The molecule has 1 aromatic carbocycles. The zero-order valence-electron chi connectivity index (χ0n) is 10.6. The fraction of sp³-hybridized carbons (Fsp3) is 0.357. The van der Waals surface area contributed by atoms with E-state index in [4.69, 9.17) is 4.74 Å². The second-order valence-corrected chi connectivity index (χ2v) is 5.29. The molecule has 0 amide bonds. The predicted octanol–water partition coefficient (Wildman–Crippen LogP) is 3.30. The lowest BCUT2D eigenvalue weighted by Crippen LogP contribution is -2.17. The van der Waals surface area contributed by atoms with E-state index in [1.807, 2.05) is 35.0 Å². The van der Waals surface area contributed by atoms with E-state index in [2.05, 4.69) is 25.8 Å². The Labute approximate surface area is 102 Å². The van der Waals surface area contributed by atoms with Crippen LogP contribution in [-0.4, -0.2) is 16.2 Å². The number of aromatic nitrogens is 2. The number of imidazole rings is 1. The summed E-state index contributed by atoms with van der Waals surface area (Å²) < 4.78 is 7.83. The van der Waals surface area contributed by atoms with Crippen molar-refractivity contribution in [3.63, 3.8) is 0 Å². The molecule has 2 rings (SSSR count). The Morgan fingerprint density at radius 2 is 2.00 bits per heavy atom. The molecule has 1 aromatic heterocycles. The molecule has 0 aliphatic rings. The standard InChI is InChI=1S/C14H18N2O/c1-14(2,3)10-17-13-7-5-4-6-12(13)16-9-8-15-11-16/h4-9,11H,10H2,1-3H3. The summed E-state index contributed by atoms with van der Waals surface area (Å²) in [6.07, 6.45) is 5.46. The van der Waals surface area contributed by atoms with Crippen molar-refractivity contribution in [3.8, 4) is 11.4 Å². The van der Waals surface area contributed by atoms with E-state index in [0.29, 0.717) is 6.61 Å². The predicted molar refractivity (Wildman–Crippen MR) is 68.5 cm³/mol. The van der Waals surface area contributed by atoms with Gasteiger partial charge in [-0.1, -0.05) is 32.9 Å². The Hall–Kier alpha value is -1.77. The van der Waals surface area contributed by atoms with Gasteiger partial charge in [-0.05, 0) is 17.5 Å². The van der Waals surface area contributed by atoms with Gasteiger partial charge in [-0.2, -0.15) is 0 Å². The molecule has 2 aromatic rings. The number of para-hydroxylation sites is 2. The number of hydrogen-bond acceptors (Lipinski definition) is 2. The molecular weight excluding hydrogens is 212 g/mol. The Balaban J connectivity index is 2.23. The highest BCUT2D eigenvalue weighted by Crippen LogP contribution is 2.24. The maximum Gasteiger partial charge on any atom is 0.143 e. The van der Waals surface area contributed by atoms with Crippen molar-refractivity contribution in [2.24, 2.45) is 5.41 Å². The first kappa shape index (κ1) is 11.7. The molecule has 0 fully saturated rings. The van der Waals surface area contributed by atoms with Crippen LogP contribution in [0.2, 0.25) is 0 Å². The van der Waals surface area contributed by atoms with Crippen molar-refractivity contribution in [1.82, 2.24) is 9.55 Å². The smallest absolute Gasteiger partial charge is 0.143 e. The highest BCUT2D eigenvalue weighted by atomic mass is 16.5. The van der Waals surface area contributed by atoms with E-state index in [1.54, 1.807) is 12.5 Å². The van der Waals surface area contributed by atoms with Gasteiger partial charge in [0, 0.05) is 12.4 Å². The van der Waals surface area contributed by atoms with Gasteiger partial charge in [-0.25, -0.2) is 4.98 Å². The van der Waals surface area contributed by atoms with Gasteiger partial charge in [0.1, 0.15) is 5.75 Å². The summed E-state index contributed by atoms with van der Waals surface area (Å²) in [4.78, 5) is 4.06. The van der Waals surface area contributed by atoms with Crippen LogP contribution in [0.15, 0.2) is 43.0 Å². The zero-order chi connectivity index (χ0) is 12.3. The van der Waals surface area contributed by atoms with Gasteiger partial charge in [-0.3, -0.25) is 0 Å². The molecule has 0 aliphatic carbocycles. The monoisotopic (exact) mass is 230 g/mol. The molecule has 0 aliphatic heterocycles. The summed E-state index contributed by atoms with van der Waals surface area (Å²) >= 11 is 0. The van der Waals surface area contributed by atoms with Gasteiger partial charge in [0.15, 0.2) is 0 Å². The SMILES string of the molecule is CC(C)(C)COc1ccccc1-n1ccnc1. The topological polar surface area (TPSA) is 27.1 Å². The average Bonchev–Trinajstić information content (AvgIpc) is 2.79. The van der Waals surface area contributed by atoms with E-state index in [9.17, 15) is 0 Å². The molecule has 3 nitrogen and oxygen atoms in total. The summed E-state index contributed by atoms with van der Waals surface area (Å²) in [6.45, 7) is 7.17. The Bertz CT molecular complexity index is 469. The van der Waals surface area contributed by atoms with Crippen molar-refractivity contribution < 1.29 is 4.74 Å². The molecule has 90 valence electrons. The van der Waals surface area contributed by atoms with Gasteiger partial charge in [0.05, 0.1) is 18.6 Å². The van der Waals surface area contributed by atoms with E-state index in [-0.39, 0.29) is 5.41 Å². The lowest BCUT2D eigenvalue weighted by atomic mass is 9.99. The molecule has 0 unspecified atom stereocenters. The number of benzene rings is 1. The first-order valence-electron chi connectivity index (χ1n) is 5.76. The highest BCUT2D eigenvalue weighted by Gasteiger charge is 2.12. The largest absolute Gasteiger partial charge is 0.491 e. The average molecular weight is 230 g/mol. The molecule has 3 heteroatoms. The minimum absolute atomic E-state index is 0.155. The molecule has 0 atom stereocenters. The molecule has 0 spiro atoms. The summed E-state index contributed by atoms with van der Waals surface area (Å²) in [5.74, 6) is 0.889. The zero-order valence-corrected chi connectivity index (χ0v) is 10.6. The van der Waals surface area contributed by atoms with Crippen LogP contribution in [0, 0.1) is 5.41 Å². The van der Waals surface area contributed by atoms with E-state index < -0.39 is 0 Å². The molecule has 0 bridgehead atoms. The van der Waals surface area contributed by atoms with Crippen LogP contribution in [0.4, 0.5) is 0 Å². The fourth-order valence-electron chi connectivity index (χ4n) is 1.49. The van der Waals surface area contributed by atoms with E-state index in [0.717, 1.165) is 11.4 Å².